The first-order chi connectivity index (χ1) is 10.3. The number of terminal acetylenes is 1. The number of likely N-dealkylation sites (N-methyl/N-ethyl adjacent to an activating group) is 1. The number of rotatable bonds is 4. The molecule has 0 saturated heterocycles. The molecule has 0 aliphatic carbocycles. The van der Waals surface area contributed by atoms with Crippen molar-refractivity contribution in [2.75, 3.05) is 13.5 Å². The van der Waals surface area contributed by atoms with E-state index in [0.29, 0.717) is 4.90 Å². The third-order valence-electron chi connectivity index (χ3n) is 1.60. The SMILES string of the molecule is [2H]C#CC([2H])([2H])N(C)[C@]([2H])(C([2H])([2H])[2H])C([2H])([2H])c1ccccc1. The first kappa shape index (κ1) is 3.72. The van der Waals surface area contributed by atoms with E-state index < -0.39 is 25.7 Å². The summed E-state index contributed by atoms with van der Waals surface area (Å²) in [5.74, 6) is 1.86. The van der Waals surface area contributed by atoms with E-state index in [2.05, 4.69) is 0 Å². The summed E-state index contributed by atoms with van der Waals surface area (Å²) >= 11 is 0. The van der Waals surface area contributed by atoms with E-state index >= 15 is 0 Å². The average Bonchev–Trinajstić information content (AvgIpc) is 2.45. The largest absolute Gasteiger partial charge is 0.292 e. The zero-order valence-corrected chi connectivity index (χ0v) is 7.83. The molecule has 0 unspecified atom stereocenters. The van der Waals surface area contributed by atoms with Gasteiger partial charge in [0.25, 0.3) is 0 Å². The number of nitrogens with zero attached hydrogens (tertiary/aromatic N) is 1. The molecule has 0 amide bonds. The van der Waals surface area contributed by atoms with Crippen molar-refractivity contribution in [1.82, 2.24) is 4.90 Å². The lowest BCUT2D eigenvalue weighted by atomic mass is 10.1. The lowest BCUT2D eigenvalue weighted by Gasteiger charge is -2.22. The van der Waals surface area contributed by atoms with E-state index in [1.807, 2.05) is 5.92 Å². The molecule has 0 N–H and O–H groups in total. The van der Waals surface area contributed by atoms with Crippen molar-refractivity contribution in [3.05, 3.63) is 35.9 Å². The Kier molecular flexibility index (Phi) is 1.45. The lowest BCUT2D eigenvalue weighted by Crippen LogP contribution is -2.31. The summed E-state index contributed by atoms with van der Waals surface area (Å²) in [6.07, 6.45) is -1.13. The van der Waals surface area contributed by atoms with Crippen LogP contribution in [0.4, 0.5) is 0 Å². The van der Waals surface area contributed by atoms with Crippen LogP contribution in [0.15, 0.2) is 30.3 Å². The third kappa shape index (κ3) is 3.24. The van der Waals surface area contributed by atoms with Crippen molar-refractivity contribution in [2.24, 2.45) is 0 Å². The summed E-state index contributed by atoms with van der Waals surface area (Å²) in [4.78, 5) is 0.418. The third-order valence-corrected chi connectivity index (χ3v) is 1.60. The zero-order chi connectivity index (χ0) is 18.1. The van der Waals surface area contributed by atoms with Crippen molar-refractivity contribution in [3.8, 4) is 12.3 Å². The fraction of sp³-hybridized carbons (Fsp3) is 0.385. The summed E-state index contributed by atoms with van der Waals surface area (Å²) in [5.41, 5.74) is -0.0624. The van der Waals surface area contributed by atoms with E-state index in [9.17, 15) is 0 Å². The van der Waals surface area contributed by atoms with E-state index in [1.165, 1.54) is 24.3 Å². The van der Waals surface area contributed by atoms with E-state index in [1.54, 1.807) is 12.5 Å². The van der Waals surface area contributed by atoms with Gasteiger partial charge in [-0.3, -0.25) is 4.90 Å². The van der Waals surface area contributed by atoms with Gasteiger partial charge in [-0.25, -0.2) is 0 Å². The summed E-state index contributed by atoms with van der Waals surface area (Å²) in [6.45, 7) is -5.85. The van der Waals surface area contributed by atoms with Crippen LogP contribution in [0.2, 0.25) is 0 Å². The van der Waals surface area contributed by atoms with Gasteiger partial charge in [0, 0.05) is 14.2 Å². The Morgan fingerprint density at radius 2 is 2.50 bits per heavy atom. The predicted molar refractivity (Wildman–Crippen MR) is 61.1 cm³/mol. The van der Waals surface area contributed by atoms with Crippen LogP contribution in [0.25, 0.3) is 0 Å². The standard InChI is InChI=1S/C13H17N/c1-4-10-14(3)12(2)11-13-8-6-5-7-9-13/h1,5-9,12H,10-11H2,2-3H3/t12-/m1/s1/i1D,2D3,10D2,11D2,12D. The van der Waals surface area contributed by atoms with Gasteiger partial charge in [-0.05, 0) is 25.8 Å². The molecule has 1 aromatic carbocycles. The first-order valence-corrected chi connectivity index (χ1v) is 4.06. The van der Waals surface area contributed by atoms with Gasteiger partial charge in [0.1, 0.15) is 1.37 Å². The molecule has 1 aromatic rings. The van der Waals surface area contributed by atoms with E-state index in [0.717, 1.165) is 7.05 Å². The fourth-order valence-electron chi connectivity index (χ4n) is 0.882. The van der Waals surface area contributed by atoms with Crippen molar-refractivity contribution >= 4 is 0 Å². The molecule has 14 heavy (non-hydrogen) atoms. The number of benzene rings is 1. The highest BCUT2D eigenvalue weighted by Crippen LogP contribution is 2.06. The van der Waals surface area contributed by atoms with Gasteiger partial charge in [-0.2, -0.15) is 0 Å². The highest BCUT2D eigenvalue weighted by atomic mass is 15.1. The molecule has 0 aliphatic rings. The maximum Gasteiger partial charge on any atom is 0.124 e. The first-order valence-electron chi connectivity index (χ1n) is 8.56. The number of hydrogen-bond donors (Lipinski definition) is 0. The van der Waals surface area contributed by atoms with E-state index in [4.69, 9.17) is 12.3 Å². The molecule has 74 valence electrons. The Hall–Kier alpha value is -1.26. The monoisotopic (exact) mass is 196 g/mol. The Bertz CT molecular complexity index is 599. The van der Waals surface area contributed by atoms with Crippen molar-refractivity contribution < 1.29 is 12.3 Å². The molecule has 0 heterocycles. The van der Waals surface area contributed by atoms with Crippen LogP contribution in [0, 0.1) is 12.3 Å². The maximum atomic E-state index is 8.37. The van der Waals surface area contributed by atoms with Crippen LogP contribution < -0.4 is 0 Å². The minimum absolute atomic E-state index is 0.0624. The van der Waals surface area contributed by atoms with Crippen LogP contribution in [0.1, 0.15) is 24.8 Å². The second kappa shape index (κ2) is 5.47. The minimum Gasteiger partial charge on any atom is -0.292 e. The zero-order valence-electron chi connectivity index (χ0n) is 16.8. The second-order valence-electron chi connectivity index (χ2n) is 2.64. The van der Waals surface area contributed by atoms with Gasteiger partial charge in [0.15, 0.2) is 0 Å². The molecule has 1 nitrogen and oxygen atoms in total. The van der Waals surface area contributed by atoms with Crippen LogP contribution in [-0.4, -0.2) is 24.5 Å². The molecular weight excluding hydrogens is 170 g/mol. The van der Waals surface area contributed by atoms with Crippen LogP contribution in [0.3, 0.4) is 0 Å². The maximum absolute atomic E-state index is 8.37. The fourth-order valence-corrected chi connectivity index (χ4v) is 0.882. The molecule has 1 heteroatoms. The van der Waals surface area contributed by atoms with Gasteiger partial charge in [-0.1, -0.05) is 36.3 Å². The normalized spacial score (nSPS) is 26.6. The highest BCUT2D eigenvalue weighted by Gasteiger charge is 2.07. The molecule has 0 bridgehead atoms. The summed E-state index contributed by atoms with van der Waals surface area (Å²) in [7, 11) is 0.977. The molecule has 1 rings (SSSR count). The number of hydrogen-bond acceptors (Lipinski definition) is 1. The molecule has 0 fully saturated rings. The molecule has 0 aliphatic heterocycles. The van der Waals surface area contributed by atoms with Gasteiger partial charge in [-0.15, -0.1) is 6.40 Å². The molecule has 0 saturated carbocycles. The Morgan fingerprint density at radius 1 is 1.71 bits per heavy atom. The summed E-state index contributed by atoms with van der Waals surface area (Å²) in [6, 6.07) is 4.35. The van der Waals surface area contributed by atoms with Gasteiger partial charge >= 0.3 is 0 Å². The Morgan fingerprint density at radius 3 is 3.14 bits per heavy atom. The van der Waals surface area contributed by atoms with Crippen LogP contribution >= 0.6 is 0 Å². The van der Waals surface area contributed by atoms with Gasteiger partial charge < -0.3 is 0 Å². The van der Waals surface area contributed by atoms with Gasteiger partial charge in [0.05, 0.1) is 9.24 Å². The molecule has 0 spiro atoms. The van der Waals surface area contributed by atoms with Crippen molar-refractivity contribution in [2.45, 2.75) is 19.2 Å². The quantitative estimate of drug-likeness (QED) is 0.667. The van der Waals surface area contributed by atoms with Crippen LogP contribution in [-0.2, 0) is 6.37 Å². The second-order valence-corrected chi connectivity index (χ2v) is 2.64. The molecule has 0 aromatic heterocycles. The summed E-state index contributed by atoms with van der Waals surface area (Å²) in [5, 5.41) is 0. The van der Waals surface area contributed by atoms with E-state index in [-0.39, 0.29) is 5.56 Å². The van der Waals surface area contributed by atoms with Gasteiger partial charge in [0.2, 0.25) is 0 Å². The highest BCUT2D eigenvalue weighted by molar-refractivity contribution is 5.15. The van der Waals surface area contributed by atoms with Crippen molar-refractivity contribution in [1.29, 1.82) is 0 Å². The lowest BCUT2D eigenvalue weighted by molar-refractivity contribution is 0.287. The molecule has 0 radical (unpaired) electrons. The topological polar surface area (TPSA) is 3.24 Å². The predicted octanol–water partition coefficient (Wildman–Crippen LogP) is 2.18. The smallest absolute Gasteiger partial charge is 0.124 e. The Labute approximate surface area is 99.4 Å². The molecule has 1 atom stereocenters. The average molecular weight is 196 g/mol. The van der Waals surface area contributed by atoms with Crippen molar-refractivity contribution in [3.63, 3.8) is 0 Å². The Balaban J connectivity index is 3.59. The molecular formula is C13H17N. The minimum atomic E-state index is -3.18. The summed E-state index contributed by atoms with van der Waals surface area (Å²) < 4.78 is 70.1. The van der Waals surface area contributed by atoms with Crippen LogP contribution in [0.5, 0.6) is 0 Å².